The number of para-hydroxylation sites is 1. The fraction of sp³-hybridized carbons (Fsp3) is 0.0952. The first-order chi connectivity index (χ1) is 11.7. The molecule has 1 amide bonds. The molecule has 0 fully saturated rings. The van der Waals surface area contributed by atoms with Gasteiger partial charge in [0.25, 0.3) is 5.91 Å². The van der Waals surface area contributed by atoms with Crippen molar-refractivity contribution in [3.8, 4) is 0 Å². The van der Waals surface area contributed by atoms with Gasteiger partial charge in [0.1, 0.15) is 5.69 Å². The van der Waals surface area contributed by atoms with E-state index >= 15 is 0 Å². The van der Waals surface area contributed by atoms with Gasteiger partial charge in [0.2, 0.25) is 0 Å². The number of hydrogen-bond donors (Lipinski definition) is 2. The minimum Gasteiger partial charge on any atom is -0.351 e. The summed E-state index contributed by atoms with van der Waals surface area (Å²) in [5.41, 5.74) is 2.68. The van der Waals surface area contributed by atoms with Gasteiger partial charge in [-0.25, -0.2) is 0 Å². The minimum atomic E-state index is -0.0911. The van der Waals surface area contributed by atoms with Gasteiger partial charge in [0, 0.05) is 10.9 Å². The highest BCUT2D eigenvalue weighted by Gasteiger charge is 2.15. The van der Waals surface area contributed by atoms with E-state index in [0.717, 1.165) is 16.5 Å². The Labute approximate surface area is 140 Å². The second-order valence-electron chi connectivity index (χ2n) is 6.03. The van der Waals surface area contributed by atoms with Gasteiger partial charge < -0.3 is 10.3 Å². The molecule has 0 aliphatic heterocycles. The Bertz CT molecular complexity index is 994. The van der Waals surface area contributed by atoms with Crippen LogP contribution in [-0.4, -0.2) is 10.9 Å². The molecule has 0 saturated heterocycles. The zero-order valence-electron chi connectivity index (χ0n) is 13.4. The zero-order valence-corrected chi connectivity index (χ0v) is 13.4. The number of hydrogen-bond acceptors (Lipinski definition) is 1. The van der Waals surface area contributed by atoms with E-state index in [4.69, 9.17) is 0 Å². The zero-order chi connectivity index (χ0) is 16.5. The standard InChI is InChI=1S/C21H18N2O/c1-14(17-11-6-9-15-7-2-4-10-18(15)17)22-21(24)20-13-16-8-3-5-12-19(16)23-20/h2-14,23H,1H3,(H,22,24)/t14-/m1/s1. The Kier molecular flexibility index (Phi) is 3.54. The predicted octanol–water partition coefficient (Wildman–Crippen LogP) is 4.81. The lowest BCUT2D eigenvalue weighted by atomic mass is 9.99. The highest BCUT2D eigenvalue weighted by molar-refractivity contribution is 5.98. The first-order valence-electron chi connectivity index (χ1n) is 8.08. The van der Waals surface area contributed by atoms with Gasteiger partial charge in [-0.1, -0.05) is 60.7 Å². The monoisotopic (exact) mass is 314 g/mol. The van der Waals surface area contributed by atoms with E-state index in [1.807, 2.05) is 55.5 Å². The van der Waals surface area contributed by atoms with Crippen LogP contribution >= 0.6 is 0 Å². The van der Waals surface area contributed by atoms with Crippen LogP contribution in [0.5, 0.6) is 0 Å². The third-order valence-corrected chi connectivity index (χ3v) is 4.41. The molecule has 118 valence electrons. The first-order valence-corrected chi connectivity index (χ1v) is 8.08. The third kappa shape index (κ3) is 2.54. The molecule has 3 nitrogen and oxygen atoms in total. The molecule has 0 saturated carbocycles. The van der Waals surface area contributed by atoms with Crippen LogP contribution in [0.3, 0.4) is 0 Å². The first kappa shape index (κ1) is 14.5. The topological polar surface area (TPSA) is 44.9 Å². The van der Waals surface area contributed by atoms with Crippen molar-refractivity contribution in [1.82, 2.24) is 10.3 Å². The van der Waals surface area contributed by atoms with Crippen LogP contribution in [0.15, 0.2) is 72.8 Å². The van der Waals surface area contributed by atoms with Crippen molar-refractivity contribution in [2.45, 2.75) is 13.0 Å². The highest BCUT2D eigenvalue weighted by Crippen LogP contribution is 2.24. The number of fused-ring (bicyclic) bond motifs is 2. The molecule has 3 aromatic carbocycles. The Morgan fingerprint density at radius 1 is 0.917 bits per heavy atom. The molecule has 3 heteroatoms. The fourth-order valence-electron chi connectivity index (χ4n) is 3.18. The van der Waals surface area contributed by atoms with Gasteiger partial charge >= 0.3 is 0 Å². The summed E-state index contributed by atoms with van der Waals surface area (Å²) in [7, 11) is 0. The number of aromatic amines is 1. The lowest BCUT2D eigenvalue weighted by molar-refractivity contribution is 0.0936. The number of carbonyl (C=O) groups excluding carboxylic acids is 1. The fourth-order valence-corrected chi connectivity index (χ4v) is 3.18. The van der Waals surface area contributed by atoms with Crippen molar-refractivity contribution in [1.29, 1.82) is 0 Å². The molecular formula is C21H18N2O. The molecule has 0 spiro atoms. The van der Waals surface area contributed by atoms with Crippen molar-refractivity contribution in [2.75, 3.05) is 0 Å². The minimum absolute atomic E-state index is 0.0741. The number of nitrogens with one attached hydrogen (secondary N) is 2. The molecule has 0 bridgehead atoms. The van der Waals surface area contributed by atoms with Crippen molar-refractivity contribution < 1.29 is 4.79 Å². The summed E-state index contributed by atoms with van der Waals surface area (Å²) < 4.78 is 0. The van der Waals surface area contributed by atoms with Gasteiger partial charge in [0.05, 0.1) is 6.04 Å². The number of rotatable bonds is 3. The van der Waals surface area contributed by atoms with E-state index in [-0.39, 0.29) is 11.9 Å². The average Bonchev–Trinajstić information content (AvgIpc) is 3.05. The maximum absolute atomic E-state index is 12.6. The van der Waals surface area contributed by atoms with Gasteiger partial charge in [-0.05, 0) is 35.4 Å². The summed E-state index contributed by atoms with van der Waals surface area (Å²) in [4.78, 5) is 15.8. The highest BCUT2D eigenvalue weighted by atomic mass is 16.1. The van der Waals surface area contributed by atoms with E-state index in [1.165, 1.54) is 10.8 Å². The Morgan fingerprint density at radius 3 is 2.46 bits per heavy atom. The number of carbonyl (C=O) groups is 1. The lowest BCUT2D eigenvalue weighted by Gasteiger charge is -2.16. The summed E-state index contributed by atoms with van der Waals surface area (Å²) in [6.45, 7) is 2.02. The van der Waals surface area contributed by atoms with Crippen LogP contribution in [0.2, 0.25) is 0 Å². The van der Waals surface area contributed by atoms with Crippen LogP contribution < -0.4 is 5.32 Å². The largest absolute Gasteiger partial charge is 0.351 e. The molecule has 4 aromatic rings. The second kappa shape index (κ2) is 5.85. The van der Waals surface area contributed by atoms with Crippen molar-refractivity contribution in [3.05, 3.63) is 84.1 Å². The number of benzene rings is 3. The average molecular weight is 314 g/mol. The maximum atomic E-state index is 12.6. The smallest absolute Gasteiger partial charge is 0.268 e. The van der Waals surface area contributed by atoms with Crippen molar-refractivity contribution in [3.63, 3.8) is 0 Å². The molecule has 0 aliphatic rings. The van der Waals surface area contributed by atoms with Crippen LogP contribution in [-0.2, 0) is 0 Å². The molecule has 1 atom stereocenters. The number of aromatic nitrogens is 1. The molecule has 4 rings (SSSR count). The van der Waals surface area contributed by atoms with Crippen LogP contribution in [0.1, 0.15) is 29.0 Å². The van der Waals surface area contributed by atoms with Crippen LogP contribution in [0.4, 0.5) is 0 Å². The molecule has 1 heterocycles. The predicted molar refractivity (Wildman–Crippen MR) is 98.1 cm³/mol. The summed E-state index contributed by atoms with van der Waals surface area (Å²) >= 11 is 0. The number of amides is 1. The van der Waals surface area contributed by atoms with Gasteiger partial charge in [0.15, 0.2) is 0 Å². The molecule has 24 heavy (non-hydrogen) atoms. The second-order valence-corrected chi connectivity index (χ2v) is 6.03. The Hall–Kier alpha value is -3.07. The molecule has 1 aromatic heterocycles. The van der Waals surface area contributed by atoms with E-state index in [9.17, 15) is 4.79 Å². The molecular weight excluding hydrogens is 296 g/mol. The molecule has 0 aliphatic carbocycles. The summed E-state index contributed by atoms with van der Waals surface area (Å²) in [5.74, 6) is -0.0911. The van der Waals surface area contributed by atoms with E-state index in [1.54, 1.807) is 0 Å². The molecule has 0 radical (unpaired) electrons. The Morgan fingerprint density at radius 2 is 1.62 bits per heavy atom. The van der Waals surface area contributed by atoms with Gasteiger partial charge in [-0.2, -0.15) is 0 Å². The van der Waals surface area contributed by atoms with E-state index in [2.05, 4.69) is 34.6 Å². The summed E-state index contributed by atoms with van der Waals surface area (Å²) in [6.07, 6.45) is 0. The molecule has 2 N–H and O–H groups in total. The third-order valence-electron chi connectivity index (χ3n) is 4.41. The number of H-pyrrole nitrogens is 1. The Balaban J connectivity index is 1.63. The maximum Gasteiger partial charge on any atom is 0.268 e. The summed E-state index contributed by atoms with van der Waals surface area (Å²) in [5, 5.41) is 6.49. The van der Waals surface area contributed by atoms with E-state index < -0.39 is 0 Å². The van der Waals surface area contributed by atoms with Crippen molar-refractivity contribution >= 4 is 27.6 Å². The quantitative estimate of drug-likeness (QED) is 0.560. The van der Waals surface area contributed by atoms with Crippen molar-refractivity contribution in [2.24, 2.45) is 0 Å². The van der Waals surface area contributed by atoms with Gasteiger partial charge in [-0.3, -0.25) is 4.79 Å². The summed E-state index contributed by atoms with van der Waals surface area (Å²) in [6, 6.07) is 24.1. The van der Waals surface area contributed by atoms with E-state index in [0.29, 0.717) is 5.69 Å². The van der Waals surface area contributed by atoms with Crippen LogP contribution in [0, 0.1) is 0 Å². The van der Waals surface area contributed by atoms with Gasteiger partial charge in [-0.15, -0.1) is 0 Å². The lowest BCUT2D eigenvalue weighted by Crippen LogP contribution is -2.27. The normalized spacial score (nSPS) is 12.4. The molecule has 0 unspecified atom stereocenters. The van der Waals surface area contributed by atoms with Crippen LogP contribution in [0.25, 0.3) is 21.7 Å². The SMILES string of the molecule is C[C@@H](NC(=O)c1cc2ccccc2[nH]1)c1cccc2ccccc12.